The molecular formula is C19H22Cl2N6O2. The van der Waals surface area contributed by atoms with Crippen LogP contribution in [-0.2, 0) is 17.8 Å². The number of aromatic nitrogens is 4. The third-order valence-corrected chi connectivity index (χ3v) is 4.57. The van der Waals surface area contributed by atoms with Gasteiger partial charge in [-0.1, -0.05) is 30.3 Å². The van der Waals surface area contributed by atoms with Crippen molar-refractivity contribution < 1.29 is 4.79 Å². The largest absolute Gasteiger partial charge is 0.353 e. The number of carbonyl (C=O) groups excluding carboxylic acids is 1. The summed E-state index contributed by atoms with van der Waals surface area (Å²) >= 11 is 0. The number of carbonyl (C=O) groups is 1. The molecule has 1 aromatic carbocycles. The third kappa shape index (κ3) is 5.03. The first-order chi connectivity index (χ1) is 13.2. The van der Waals surface area contributed by atoms with Gasteiger partial charge in [-0.2, -0.15) is 5.10 Å². The van der Waals surface area contributed by atoms with Crippen molar-refractivity contribution in [1.29, 1.82) is 0 Å². The number of halogens is 2. The van der Waals surface area contributed by atoms with Gasteiger partial charge in [0.1, 0.15) is 6.04 Å². The fourth-order valence-corrected chi connectivity index (χ4v) is 3.19. The van der Waals surface area contributed by atoms with Crippen LogP contribution >= 0.6 is 24.8 Å². The Kier molecular flexibility index (Phi) is 7.95. The Hall–Kier alpha value is -2.68. The first-order valence-corrected chi connectivity index (χ1v) is 8.89. The number of nitrogens with one attached hydrogen (secondary N) is 3. The summed E-state index contributed by atoms with van der Waals surface area (Å²) in [5.74, 6) is -0.157. The van der Waals surface area contributed by atoms with Gasteiger partial charge in [0.05, 0.1) is 24.3 Å². The Balaban J connectivity index is 0.00000150. The smallest absolute Gasteiger partial charge is 0.266 e. The fourth-order valence-electron chi connectivity index (χ4n) is 3.19. The zero-order valence-electron chi connectivity index (χ0n) is 15.5. The summed E-state index contributed by atoms with van der Waals surface area (Å²) in [4.78, 5) is 31.9. The van der Waals surface area contributed by atoms with Crippen LogP contribution in [0.5, 0.6) is 0 Å². The van der Waals surface area contributed by atoms with Crippen molar-refractivity contribution in [3.05, 3.63) is 70.5 Å². The number of nitrogens with zero attached hydrogens (tertiary/aromatic N) is 3. The molecule has 0 saturated carbocycles. The molecule has 1 aliphatic heterocycles. The van der Waals surface area contributed by atoms with E-state index < -0.39 is 6.04 Å². The first-order valence-electron chi connectivity index (χ1n) is 8.89. The number of benzene rings is 1. The SMILES string of the molecule is Cl.Cl.O=C(NCCn1nc(-c2ccccc2)ccc1=O)C1NCCc2[nH]cnc21. The molecule has 154 valence electrons. The Morgan fingerprint density at radius 1 is 1.17 bits per heavy atom. The average Bonchev–Trinajstić information content (AvgIpc) is 3.19. The Labute approximate surface area is 180 Å². The van der Waals surface area contributed by atoms with Gasteiger partial charge in [0.15, 0.2) is 0 Å². The van der Waals surface area contributed by atoms with E-state index in [9.17, 15) is 9.59 Å². The molecule has 4 rings (SSSR count). The summed E-state index contributed by atoms with van der Waals surface area (Å²) < 4.78 is 1.37. The molecule has 1 amide bonds. The molecule has 1 atom stereocenters. The van der Waals surface area contributed by atoms with Gasteiger partial charge in [-0.05, 0) is 6.07 Å². The van der Waals surface area contributed by atoms with Crippen LogP contribution in [0.2, 0.25) is 0 Å². The van der Waals surface area contributed by atoms with Gasteiger partial charge in [0.2, 0.25) is 5.91 Å². The molecule has 1 aliphatic rings. The van der Waals surface area contributed by atoms with E-state index in [2.05, 4.69) is 25.7 Å². The molecule has 0 saturated heterocycles. The number of aromatic amines is 1. The van der Waals surface area contributed by atoms with Gasteiger partial charge in [-0.25, -0.2) is 9.67 Å². The summed E-state index contributed by atoms with van der Waals surface area (Å²) in [6.07, 6.45) is 2.43. The predicted octanol–water partition coefficient (Wildman–Crippen LogP) is 1.48. The zero-order valence-corrected chi connectivity index (χ0v) is 17.1. The second-order valence-electron chi connectivity index (χ2n) is 6.34. The first kappa shape index (κ1) is 22.6. The maximum absolute atomic E-state index is 12.5. The van der Waals surface area contributed by atoms with Gasteiger partial charge in [-0.3, -0.25) is 9.59 Å². The highest BCUT2D eigenvalue weighted by Gasteiger charge is 2.28. The average molecular weight is 437 g/mol. The van der Waals surface area contributed by atoms with Gasteiger partial charge in [-0.15, -0.1) is 24.8 Å². The van der Waals surface area contributed by atoms with Crippen molar-refractivity contribution in [3.8, 4) is 11.3 Å². The minimum absolute atomic E-state index is 0. The summed E-state index contributed by atoms with van der Waals surface area (Å²) in [5.41, 5.74) is 3.18. The second-order valence-corrected chi connectivity index (χ2v) is 6.34. The van der Waals surface area contributed by atoms with Crippen molar-refractivity contribution in [2.24, 2.45) is 0 Å². The number of fused-ring (bicyclic) bond motifs is 1. The van der Waals surface area contributed by atoms with Crippen LogP contribution in [0, 0.1) is 0 Å². The number of amides is 1. The van der Waals surface area contributed by atoms with Gasteiger partial charge < -0.3 is 15.6 Å². The Morgan fingerprint density at radius 3 is 2.76 bits per heavy atom. The second kappa shape index (κ2) is 10.2. The maximum atomic E-state index is 12.5. The third-order valence-electron chi connectivity index (χ3n) is 4.57. The van der Waals surface area contributed by atoms with E-state index in [4.69, 9.17) is 0 Å². The lowest BCUT2D eigenvalue weighted by Crippen LogP contribution is -2.43. The highest BCUT2D eigenvalue weighted by molar-refractivity contribution is 5.85. The molecule has 3 N–H and O–H groups in total. The Bertz CT molecular complexity index is 1010. The highest BCUT2D eigenvalue weighted by atomic mass is 35.5. The summed E-state index contributed by atoms with van der Waals surface area (Å²) in [6, 6.07) is 12.4. The quantitative estimate of drug-likeness (QED) is 0.561. The van der Waals surface area contributed by atoms with E-state index in [0.29, 0.717) is 19.6 Å². The lowest BCUT2D eigenvalue weighted by Gasteiger charge is -2.22. The van der Waals surface area contributed by atoms with Gasteiger partial charge >= 0.3 is 0 Å². The van der Waals surface area contributed by atoms with Crippen LogP contribution in [0.1, 0.15) is 17.4 Å². The van der Waals surface area contributed by atoms with Crippen LogP contribution in [-0.4, -0.2) is 38.7 Å². The number of hydrogen-bond donors (Lipinski definition) is 3. The fraction of sp³-hybridized carbons (Fsp3) is 0.263. The lowest BCUT2D eigenvalue weighted by atomic mass is 10.1. The van der Waals surface area contributed by atoms with Crippen LogP contribution in [0.4, 0.5) is 0 Å². The van der Waals surface area contributed by atoms with Gasteiger partial charge in [0.25, 0.3) is 5.56 Å². The molecule has 8 nitrogen and oxygen atoms in total. The molecule has 0 spiro atoms. The standard InChI is InChI=1S/C19H20N6O2.2ClH/c26-16-7-6-14(13-4-2-1-3-5-13)24-25(16)11-10-21-19(27)18-17-15(8-9-20-18)22-12-23-17;;/h1-7,12,18,20H,8-11H2,(H,21,27)(H,22,23);2*1H. The number of rotatable bonds is 5. The van der Waals surface area contributed by atoms with E-state index in [0.717, 1.165) is 29.1 Å². The summed E-state index contributed by atoms with van der Waals surface area (Å²) in [7, 11) is 0. The summed E-state index contributed by atoms with van der Waals surface area (Å²) in [5, 5.41) is 10.4. The zero-order chi connectivity index (χ0) is 18.6. The highest BCUT2D eigenvalue weighted by Crippen LogP contribution is 2.19. The van der Waals surface area contributed by atoms with Crippen molar-refractivity contribution in [3.63, 3.8) is 0 Å². The van der Waals surface area contributed by atoms with Gasteiger partial charge in [0, 0.05) is 36.8 Å². The van der Waals surface area contributed by atoms with Crippen LogP contribution in [0.25, 0.3) is 11.3 Å². The monoisotopic (exact) mass is 436 g/mol. The van der Waals surface area contributed by atoms with Crippen molar-refractivity contribution in [1.82, 2.24) is 30.4 Å². The predicted molar refractivity (Wildman–Crippen MR) is 114 cm³/mol. The van der Waals surface area contributed by atoms with E-state index in [1.807, 2.05) is 30.3 Å². The minimum Gasteiger partial charge on any atom is -0.353 e. The Morgan fingerprint density at radius 2 is 1.97 bits per heavy atom. The van der Waals surface area contributed by atoms with Crippen LogP contribution < -0.4 is 16.2 Å². The molecule has 0 bridgehead atoms. The minimum atomic E-state index is -0.472. The molecule has 3 heterocycles. The molecule has 3 aromatic rings. The van der Waals surface area contributed by atoms with E-state index in [1.165, 1.54) is 10.7 Å². The summed E-state index contributed by atoms with van der Waals surface area (Å²) in [6.45, 7) is 1.32. The molecule has 2 aromatic heterocycles. The number of imidazole rings is 1. The van der Waals surface area contributed by atoms with Crippen LogP contribution in [0.15, 0.2) is 53.6 Å². The van der Waals surface area contributed by atoms with E-state index >= 15 is 0 Å². The van der Waals surface area contributed by atoms with Crippen molar-refractivity contribution in [2.45, 2.75) is 19.0 Å². The van der Waals surface area contributed by atoms with Crippen LogP contribution in [0.3, 0.4) is 0 Å². The molecular weight excluding hydrogens is 415 g/mol. The van der Waals surface area contributed by atoms with E-state index in [1.54, 1.807) is 12.4 Å². The molecule has 10 heteroatoms. The molecule has 0 fully saturated rings. The molecule has 1 unspecified atom stereocenters. The maximum Gasteiger partial charge on any atom is 0.266 e. The molecule has 0 aliphatic carbocycles. The van der Waals surface area contributed by atoms with Crippen molar-refractivity contribution >= 4 is 30.7 Å². The topological polar surface area (TPSA) is 105 Å². The number of hydrogen-bond acceptors (Lipinski definition) is 5. The lowest BCUT2D eigenvalue weighted by molar-refractivity contribution is -0.123. The van der Waals surface area contributed by atoms with Crippen molar-refractivity contribution in [2.75, 3.05) is 13.1 Å². The molecule has 29 heavy (non-hydrogen) atoms. The normalized spacial score (nSPS) is 14.8. The van der Waals surface area contributed by atoms with E-state index in [-0.39, 0.29) is 36.3 Å². The molecule has 0 radical (unpaired) electrons. The number of H-pyrrole nitrogens is 1.